The molecule has 8 rings (SSSR count). The summed E-state index contributed by atoms with van der Waals surface area (Å²) in [7, 11) is 6.06. The van der Waals surface area contributed by atoms with E-state index in [1.54, 1.807) is 12.3 Å². The first kappa shape index (κ1) is 38.3. The molecule has 4 atom stereocenters. The van der Waals surface area contributed by atoms with Gasteiger partial charge >= 0.3 is 12.1 Å². The third-order valence-corrected chi connectivity index (χ3v) is 11.6. The average Bonchev–Trinajstić information content (AvgIpc) is 3.72. The van der Waals surface area contributed by atoms with Crippen LogP contribution in [0.4, 0.5) is 15.0 Å². The van der Waals surface area contributed by atoms with Crippen molar-refractivity contribution in [1.82, 2.24) is 30.1 Å². The number of anilines is 1. The molecule has 1 saturated carbocycles. The van der Waals surface area contributed by atoms with Gasteiger partial charge in [-0.2, -0.15) is 9.97 Å². The number of benzene rings is 3. The van der Waals surface area contributed by atoms with E-state index < -0.39 is 11.9 Å². The fourth-order valence-corrected chi connectivity index (χ4v) is 8.87. The number of fused-ring (bicyclic) bond motifs is 4. The van der Waals surface area contributed by atoms with Crippen LogP contribution in [0.15, 0.2) is 66.9 Å². The molecule has 2 saturated heterocycles. The minimum Gasteiger partial charge on any atom is -0.462 e. The van der Waals surface area contributed by atoms with Crippen LogP contribution in [0.25, 0.3) is 32.9 Å². The number of alkyl carbamates (subject to hydrolysis) is 1. The van der Waals surface area contributed by atoms with Crippen LogP contribution in [0.2, 0.25) is 5.02 Å². The highest BCUT2D eigenvalue weighted by atomic mass is 35.5. The SMILES string of the molecule is CN(C)Cc1ccc(COCCNC(=O)O[C@@H]2C[C@@H](COc3nc(N4CC5CCC(C5)C4)c4cnc(-c5cccc6cccc(Cl)c56)c(F)c4n3)N(C)C2)cc1. The second kappa shape index (κ2) is 16.9. The topological polar surface area (TPSA) is 105 Å². The van der Waals surface area contributed by atoms with Crippen molar-refractivity contribution >= 4 is 45.2 Å². The van der Waals surface area contributed by atoms with Crippen molar-refractivity contribution in [2.75, 3.05) is 65.4 Å². The summed E-state index contributed by atoms with van der Waals surface area (Å²) in [6, 6.07) is 19.7. The molecule has 56 heavy (non-hydrogen) atoms. The first-order chi connectivity index (χ1) is 27.2. The number of nitrogens with one attached hydrogen (secondary N) is 1. The second-order valence-corrected chi connectivity index (χ2v) is 16.2. The summed E-state index contributed by atoms with van der Waals surface area (Å²) in [6.45, 7) is 4.59. The van der Waals surface area contributed by atoms with Gasteiger partial charge in [0.15, 0.2) is 5.82 Å². The van der Waals surface area contributed by atoms with Crippen molar-refractivity contribution in [3.8, 4) is 17.3 Å². The normalized spacial score (nSPS) is 21.0. The average molecular weight is 782 g/mol. The summed E-state index contributed by atoms with van der Waals surface area (Å²) >= 11 is 6.64. The van der Waals surface area contributed by atoms with Gasteiger partial charge in [-0.3, -0.25) is 9.88 Å². The number of aromatic nitrogens is 3. The molecule has 3 aliphatic rings. The van der Waals surface area contributed by atoms with E-state index >= 15 is 4.39 Å². The number of carbonyl (C=O) groups is 1. The number of halogens is 2. The van der Waals surface area contributed by atoms with Crippen LogP contribution >= 0.6 is 11.6 Å². The van der Waals surface area contributed by atoms with Crippen LogP contribution in [-0.4, -0.2) is 104 Å². The minimum absolute atomic E-state index is 0.0653. The summed E-state index contributed by atoms with van der Waals surface area (Å²) < 4.78 is 34.6. The summed E-state index contributed by atoms with van der Waals surface area (Å²) in [4.78, 5) is 33.4. The van der Waals surface area contributed by atoms with Gasteiger partial charge in [0.25, 0.3) is 0 Å². The number of amides is 1. The molecule has 0 radical (unpaired) electrons. The number of rotatable bonds is 13. The number of hydrogen-bond donors (Lipinski definition) is 1. The highest BCUT2D eigenvalue weighted by molar-refractivity contribution is 6.36. The molecule has 2 aromatic heterocycles. The lowest BCUT2D eigenvalue weighted by molar-refractivity contribution is 0.0917. The van der Waals surface area contributed by atoms with Crippen molar-refractivity contribution in [1.29, 1.82) is 0 Å². The Bertz CT molecular complexity index is 2170. The molecule has 4 heterocycles. The molecule has 1 amide bonds. The fraction of sp³-hybridized carbons (Fsp3) is 0.442. The van der Waals surface area contributed by atoms with Crippen molar-refractivity contribution in [3.05, 3.63) is 88.8 Å². The van der Waals surface area contributed by atoms with Crippen molar-refractivity contribution in [3.63, 3.8) is 0 Å². The first-order valence-corrected chi connectivity index (χ1v) is 19.9. The van der Waals surface area contributed by atoms with E-state index in [2.05, 4.69) is 54.2 Å². The van der Waals surface area contributed by atoms with Gasteiger partial charge in [-0.15, -0.1) is 0 Å². The molecule has 294 valence electrons. The zero-order chi connectivity index (χ0) is 38.8. The number of likely N-dealkylation sites (N-methyl/N-ethyl adjacent to an activating group) is 1. The summed E-state index contributed by atoms with van der Waals surface area (Å²) in [5.74, 6) is 1.28. The first-order valence-electron chi connectivity index (χ1n) is 19.5. The second-order valence-electron chi connectivity index (χ2n) is 15.8. The van der Waals surface area contributed by atoms with E-state index in [0.29, 0.717) is 66.4 Å². The van der Waals surface area contributed by atoms with Crippen molar-refractivity contribution in [2.24, 2.45) is 11.8 Å². The molecular weight excluding hydrogens is 733 g/mol. The number of carbonyl (C=O) groups excluding carboxylic acids is 1. The Labute approximate surface area is 332 Å². The third kappa shape index (κ3) is 8.53. The Morgan fingerprint density at radius 1 is 0.982 bits per heavy atom. The van der Waals surface area contributed by atoms with E-state index in [0.717, 1.165) is 36.0 Å². The molecular formula is C43H49ClFN7O4. The maximum Gasteiger partial charge on any atom is 0.407 e. The smallest absolute Gasteiger partial charge is 0.407 e. The summed E-state index contributed by atoms with van der Waals surface area (Å²) in [6.07, 6.45) is 5.08. The highest BCUT2D eigenvalue weighted by Crippen LogP contribution is 2.41. The Morgan fingerprint density at radius 2 is 1.73 bits per heavy atom. The lowest BCUT2D eigenvalue weighted by atomic mass is 9.98. The van der Waals surface area contributed by atoms with Crippen LogP contribution in [0.1, 0.15) is 36.8 Å². The third-order valence-electron chi connectivity index (χ3n) is 11.3. The van der Waals surface area contributed by atoms with Gasteiger partial charge in [-0.05, 0) is 74.8 Å². The van der Waals surface area contributed by atoms with Gasteiger partial charge in [-0.25, -0.2) is 9.18 Å². The Balaban J connectivity index is 0.919. The van der Waals surface area contributed by atoms with E-state index in [1.165, 1.54) is 24.8 Å². The van der Waals surface area contributed by atoms with Crippen LogP contribution in [0.3, 0.4) is 0 Å². The number of hydrogen-bond acceptors (Lipinski definition) is 10. The Morgan fingerprint density at radius 3 is 2.50 bits per heavy atom. The zero-order valence-corrected chi connectivity index (χ0v) is 33.0. The lowest BCUT2D eigenvalue weighted by Crippen LogP contribution is -2.37. The lowest BCUT2D eigenvalue weighted by Gasteiger charge is -2.33. The van der Waals surface area contributed by atoms with Gasteiger partial charge in [0, 0.05) is 67.4 Å². The van der Waals surface area contributed by atoms with Gasteiger partial charge in [0.2, 0.25) is 0 Å². The maximum absolute atomic E-state index is 16.8. The number of ether oxygens (including phenoxy) is 3. The van der Waals surface area contributed by atoms with Gasteiger partial charge in [0.1, 0.15) is 29.7 Å². The number of likely N-dealkylation sites (tertiary alicyclic amines) is 1. The Kier molecular flexibility index (Phi) is 11.5. The molecule has 1 N–H and O–H groups in total. The highest BCUT2D eigenvalue weighted by Gasteiger charge is 2.36. The number of piperidine rings is 1. The number of nitrogens with zero attached hydrogens (tertiary/aromatic N) is 6. The van der Waals surface area contributed by atoms with Crippen LogP contribution in [0, 0.1) is 17.7 Å². The standard InChI is InChI=1S/C43H49ClFN7O4/c1-50(2)21-27-10-12-28(13-11-27)25-54-17-16-46-43(53)56-33-19-32(51(3)24-33)26-55-42-48-40-35(41(49-42)52-22-29-14-15-30(18-29)23-52)20-47-39(38(40)45)34-8-4-6-31-7-5-9-36(44)37(31)34/h4-13,20,29-30,32-33H,14-19,21-26H2,1-3H3,(H,46,53)/t29?,30?,32-,33+/m0/s1. The largest absolute Gasteiger partial charge is 0.462 e. The Hall–Kier alpha value is -4.62. The van der Waals surface area contributed by atoms with Crippen molar-refractivity contribution in [2.45, 2.75) is 51.0 Å². The molecule has 2 unspecified atom stereocenters. The van der Waals surface area contributed by atoms with E-state index in [-0.39, 0.29) is 36.0 Å². The predicted molar refractivity (Wildman–Crippen MR) is 217 cm³/mol. The van der Waals surface area contributed by atoms with Gasteiger partial charge in [0.05, 0.1) is 18.6 Å². The van der Waals surface area contributed by atoms with Gasteiger partial charge < -0.3 is 29.3 Å². The summed E-state index contributed by atoms with van der Waals surface area (Å²) in [5.41, 5.74) is 3.27. The fourth-order valence-electron chi connectivity index (χ4n) is 8.58. The molecule has 2 aliphatic heterocycles. The maximum atomic E-state index is 16.8. The molecule has 0 spiro atoms. The molecule has 13 heteroatoms. The molecule has 11 nitrogen and oxygen atoms in total. The van der Waals surface area contributed by atoms with Crippen LogP contribution in [-0.2, 0) is 22.6 Å². The van der Waals surface area contributed by atoms with E-state index in [4.69, 9.17) is 30.8 Å². The molecule has 2 bridgehead atoms. The van der Waals surface area contributed by atoms with E-state index in [1.807, 2.05) is 51.5 Å². The molecule has 5 aromatic rings. The van der Waals surface area contributed by atoms with E-state index in [9.17, 15) is 4.79 Å². The van der Waals surface area contributed by atoms with Crippen molar-refractivity contribution < 1.29 is 23.4 Å². The predicted octanol–water partition coefficient (Wildman–Crippen LogP) is 7.33. The molecule has 3 fully saturated rings. The quantitative estimate of drug-likeness (QED) is 0.122. The number of pyridine rings is 1. The summed E-state index contributed by atoms with van der Waals surface area (Å²) in [5, 5.41) is 5.52. The van der Waals surface area contributed by atoms with Crippen LogP contribution < -0.4 is 15.0 Å². The minimum atomic E-state index is -0.541. The molecule has 1 aliphatic carbocycles. The molecule has 3 aromatic carbocycles. The monoisotopic (exact) mass is 781 g/mol. The zero-order valence-electron chi connectivity index (χ0n) is 32.2. The van der Waals surface area contributed by atoms with Gasteiger partial charge in [-0.1, -0.05) is 66.2 Å². The van der Waals surface area contributed by atoms with Crippen LogP contribution in [0.5, 0.6) is 6.01 Å².